The van der Waals surface area contributed by atoms with E-state index < -0.39 is 12.0 Å². The summed E-state index contributed by atoms with van der Waals surface area (Å²) in [5.41, 5.74) is 0. The van der Waals surface area contributed by atoms with Crippen LogP contribution < -0.4 is 5.32 Å². The Balaban J connectivity index is 4.38. The van der Waals surface area contributed by atoms with Crippen LogP contribution in [0.2, 0.25) is 0 Å². The predicted molar refractivity (Wildman–Crippen MR) is 66.7 cm³/mol. The molecule has 16 heavy (non-hydrogen) atoms. The first-order chi connectivity index (χ1) is 7.38. The molecule has 0 saturated heterocycles. The van der Waals surface area contributed by atoms with Crippen molar-refractivity contribution in [3.63, 3.8) is 0 Å². The lowest BCUT2D eigenvalue weighted by Crippen LogP contribution is -2.50. The van der Waals surface area contributed by atoms with Crippen LogP contribution in [0.25, 0.3) is 0 Å². The maximum atomic E-state index is 11.1. The number of carboxylic acid groups (broad SMARTS) is 1. The van der Waals surface area contributed by atoms with Crippen molar-refractivity contribution in [1.29, 1.82) is 0 Å². The van der Waals surface area contributed by atoms with Gasteiger partial charge in [-0.3, -0.25) is 9.69 Å². The molecule has 0 amide bonds. The van der Waals surface area contributed by atoms with E-state index in [0.717, 1.165) is 13.0 Å². The first-order valence-electron chi connectivity index (χ1n) is 6.11. The molecule has 0 saturated carbocycles. The minimum atomic E-state index is -0.768. The van der Waals surface area contributed by atoms with E-state index in [1.807, 2.05) is 13.8 Å². The SMILES string of the molecule is CCCN(CC(NC(C)C)C(=O)O)C(C)C. The van der Waals surface area contributed by atoms with Crippen LogP contribution >= 0.6 is 0 Å². The summed E-state index contributed by atoms with van der Waals surface area (Å²) in [6.07, 6.45) is 1.05. The molecule has 0 aliphatic heterocycles. The van der Waals surface area contributed by atoms with Gasteiger partial charge in [0.05, 0.1) is 0 Å². The fourth-order valence-electron chi connectivity index (χ4n) is 1.69. The van der Waals surface area contributed by atoms with Crippen molar-refractivity contribution in [3.8, 4) is 0 Å². The van der Waals surface area contributed by atoms with Crippen LogP contribution in [0.15, 0.2) is 0 Å². The summed E-state index contributed by atoms with van der Waals surface area (Å²) in [6, 6.07) is 0.0986. The van der Waals surface area contributed by atoms with Crippen LogP contribution in [0.3, 0.4) is 0 Å². The van der Waals surface area contributed by atoms with Crippen molar-refractivity contribution in [1.82, 2.24) is 10.2 Å². The lowest BCUT2D eigenvalue weighted by atomic mass is 10.2. The summed E-state index contributed by atoms with van der Waals surface area (Å²) < 4.78 is 0. The van der Waals surface area contributed by atoms with Crippen LogP contribution in [0.4, 0.5) is 0 Å². The number of nitrogens with zero attached hydrogens (tertiary/aromatic N) is 1. The van der Waals surface area contributed by atoms with Gasteiger partial charge in [-0.2, -0.15) is 0 Å². The maximum absolute atomic E-state index is 11.1. The molecule has 4 heteroatoms. The van der Waals surface area contributed by atoms with E-state index in [9.17, 15) is 4.79 Å². The van der Waals surface area contributed by atoms with Crippen LogP contribution in [-0.4, -0.2) is 47.2 Å². The van der Waals surface area contributed by atoms with Gasteiger partial charge in [0, 0.05) is 18.6 Å². The van der Waals surface area contributed by atoms with Gasteiger partial charge < -0.3 is 10.4 Å². The number of nitrogens with one attached hydrogen (secondary N) is 1. The molecular weight excluding hydrogens is 204 g/mol. The molecule has 0 bridgehead atoms. The van der Waals surface area contributed by atoms with Crippen molar-refractivity contribution in [3.05, 3.63) is 0 Å². The summed E-state index contributed by atoms with van der Waals surface area (Å²) in [4.78, 5) is 13.3. The van der Waals surface area contributed by atoms with E-state index in [2.05, 4.69) is 31.0 Å². The third kappa shape index (κ3) is 6.08. The largest absolute Gasteiger partial charge is 0.480 e. The molecular formula is C12H26N2O2. The van der Waals surface area contributed by atoms with E-state index >= 15 is 0 Å². The topological polar surface area (TPSA) is 52.6 Å². The van der Waals surface area contributed by atoms with Gasteiger partial charge in [-0.25, -0.2) is 0 Å². The monoisotopic (exact) mass is 230 g/mol. The minimum absolute atomic E-state index is 0.191. The molecule has 1 atom stereocenters. The molecule has 0 aliphatic carbocycles. The Morgan fingerprint density at radius 1 is 1.31 bits per heavy atom. The second-order valence-corrected chi connectivity index (χ2v) is 4.80. The van der Waals surface area contributed by atoms with Gasteiger partial charge in [0.2, 0.25) is 0 Å². The number of rotatable bonds is 8. The van der Waals surface area contributed by atoms with Crippen molar-refractivity contribution >= 4 is 5.97 Å². The van der Waals surface area contributed by atoms with Crippen LogP contribution in [0, 0.1) is 0 Å². The molecule has 0 heterocycles. The van der Waals surface area contributed by atoms with Crippen LogP contribution in [0.5, 0.6) is 0 Å². The van der Waals surface area contributed by atoms with Gasteiger partial charge in [-0.1, -0.05) is 20.8 Å². The van der Waals surface area contributed by atoms with Gasteiger partial charge in [0.1, 0.15) is 6.04 Å². The summed E-state index contributed by atoms with van der Waals surface area (Å²) in [5.74, 6) is -0.768. The fraction of sp³-hybridized carbons (Fsp3) is 0.917. The highest BCUT2D eigenvalue weighted by atomic mass is 16.4. The first-order valence-corrected chi connectivity index (χ1v) is 6.11. The van der Waals surface area contributed by atoms with Crippen LogP contribution in [-0.2, 0) is 4.79 Å². The molecule has 1 unspecified atom stereocenters. The Hall–Kier alpha value is -0.610. The number of carbonyl (C=O) groups is 1. The molecule has 0 aromatic carbocycles. The highest BCUT2D eigenvalue weighted by Gasteiger charge is 2.22. The average Bonchev–Trinajstić information content (AvgIpc) is 2.14. The first kappa shape index (κ1) is 15.4. The second kappa shape index (κ2) is 7.63. The number of aliphatic carboxylic acids is 1. The molecule has 0 fully saturated rings. The van der Waals surface area contributed by atoms with E-state index in [0.29, 0.717) is 12.6 Å². The van der Waals surface area contributed by atoms with E-state index in [4.69, 9.17) is 5.11 Å². The molecule has 96 valence electrons. The third-order valence-electron chi connectivity index (χ3n) is 2.49. The van der Waals surface area contributed by atoms with Crippen molar-refractivity contribution in [2.75, 3.05) is 13.1 Å². The molecule has 2 N–H and O–H groups in total. The zero-order valence-corrected chi connectivity index (χ0v) is 11.2. The molecule has 0 aromatic rings. The summed E-state index contributed by atoms with van der Waals surface area (Å²) in [6.45, 7) is 11.8. The number of carboxylic acids is 1. The van der Waals surface area contributed by atoms with Crippen molar-refractivity contribution in [2.24, 2.45) is 0 Å². The van der Waals surface area contributed by atoms with E-state index in [-0.39, 0.29) is 6.04 Å². The minimum Gasteiger partial charge on any atom is -0.480 e. The average molecular weight is 230 g/mol. The van der Waals surface area contributed by atoms with Gasteiger partial charge in [0.15, 0.2) is 0 Å². The Kier molecular flexibility index (Phi) is 7.34. The van der Waals surface area contributed by atoms with Gasteiger partial charge in [-0.15, -0.1) is 0 Å². The fourth-order valence-corrected chi connectivity index (χ4v) is 1.69. The lowest BCUT2D eigenvalue weighted by molar-refractivity contribution is -0.140. The molecule has 0 spiro atoms. The Morgan fingerprint density at radius 2 is 1.88 bits per heavy atom. The molecule has 0 aromatic heterocycles. The third-order valence-corrected chi connectivity index (χ3v) is 2.49. The Morgan fingerprint density at radius 3 is 2.19 bits per heavy atom. The number of hydrogen-bond donors (Lipinski definition) is 2. The standard InChI is InChI=1S/C12H26N2O2/c1-6-7-14(10(4)5)8-11(12(15)16)13-9(2)3/h9-11,13H,6-8H2,1-5H3,(H,15,16). The number of hydrogen-bond acceptors (Lipinski definition) is 3. The second-order valence-electron chi connectivity index (χ2n) is 4.80. The summed E-state index contributed by atoms with van der Waals surface area (Å²) >= 11 is 0. The highest BCUT2D eigenvalue weighted by molar-refractivity contribution is 5.73. The summed E-state index contributed by atoms with van der Waals surface area (Å²) in [7, 11) is 0. The van der Waals surface area contributed by atoms with Crippen molar-refractivity contribution in [2.45, 2.75) is 59.2 Å². The molecule has 0 radical (unpaired) electrons. The van der Waals surface area contributed by atoms with Gasteiger partial charge in [-0.05, 0) is 26.8 Å². The molecule has 0 aliphatic rings. The highest BCUT2D eigenvalue weighted by Crippen LogP contribution is 2.02. The molecule has 0 rings (SSSR count). The predicted octanol–water partition coefficient (Wildman–Crippen LogP) is 1.56. The Bertz CT molecular complexity index is 205. The lowest BCUT2D eigenvalue weighted by Gasteiger charge is -2.29. The molecule has 4 nitrogen and oxygen atoms in total. The zero-order chi connectivity index (χ0) is 12.7. The zero-order valence-electron chi connectivity index (χ0n) is 11.2. The summed E-state index contributed by atoms with van der Waals surface area (Å²) in [5, 5.41) is 12.2. The van der Waals surface area contributed by atoms with Gasteiger partial charge >= 0.3 is 5.97 Å². The smallest absolute Gasteiger partial charge is 0.322 e. The van der Waals surface area contributed by atoms with E-state index in [1.165, 1.54) is 0 Å². The van der Waals surface area contributed by atoms with E-state index in [1.54, 1.807) is 0 Å². The quantitative estimate of drug-likeness (QED) is 0.664. The van der Waals surface area contributed by atoms with Gasteiger partial charge in [0.25, 0.3) is 0 Å². The van der Waals surface area contributed by atoms with Crippen molar-refractivity contribution < 1.29 is 9.90 Å². The Labute approximate surface area is 99.0 Å². The van der Waals surface area contributed by atoms with Crippen LogP contribution in [0.1, 0.15) is 41.0 Å². The maximum Gasteiger partial charge on any atom is 0.322 e. The normalized spacial score (nSPS) is 13.8.